The summed E-state index contributed by atoms with van der Waals surface area (Å²) in [5, 5.41) is 11.2. The molecular weight excluding hydrogens is 314 g/mol. The van der Waals surface area contributed by atoms with Gasteiger partial charge in [0.2, 0.25) is 0 Å². The average molecular weight is 335 g/mol. The topological polar surface area (TPSA) is 95.7 Å². The lowest BCUT2D eigenvalue weighted by Gasteiger charge is -2.12. The number of benzene rings is 1. The zero-order chi connectivity index (χ0) is 17.5. The lowest BCUT2D eigenvalue weighted by atomic mass is 10.1. The number of nitrogens with zero attached hydrogens (tertiary/aromatic N) is 1. The first kappa shape index (κ1) is 17.9. The number of rotatable bonds is 8. The minimum atomic E-state index is -0.625. The lowest BCUT2D eigenvalue weighted by Crippen LogP contribution is -2.21. The molecule has 1 aliphatic carbocycles. The Morgan fingerprint density at radius 3 is 2.62 bits per heavy atom. The molecule has 0 aromatic heterocycles. The van der Waals surface area contributed by atoms with E-state index in [9.17, 15) is 19.7 Å². The fourth-order valence-corrected chi connectivity index (χ4v) is 2.69. The van der Waals surface area contributed by atoms with E-state index in [0.29, 0.717) is 12.8 Å². The molecule has 0 aliphatic heterocycles. The third kappa shape index (κ3) is 4.78. The number of hydrogen-bond donors (Lipinski definition) is 0. The first-order chi connectivity index (χ1) is 11.5. The fraction of sp³-hybridized carbons (Fsp3) is 0.529. The maximum Gasteiger partial charge on any atom is 0.344 e. The molecule has 0 unspecified atom stereocenters. The number of Topliss-reactive ketones (excluding diaryl/α,β-unsaturated/α-hetero) is 1. The van der Waals surface area contributed by atoms with Gasteiger partial charge in [-0.2, -0.15) is 0 Å². The summed E-state index contributed by atoms with van der Waals surface area (Å²) in [6, 6.07) is 4.02. The molecule has 1 fully saturated rings. The van der Waals surface area contributed by atoms with E-state index in [1.165, 1.54) is 18.2 Å². The van der Waals surface area contributed by atoms with Gasteiger partial charge in [-0.05, 0) is 44.2 Å². The molecule has 0 saturated heterocycles. The van der Waals surface area contributed by atoms with Crippen molar-refractivity contribution in [2.24, 2.45) is 0 Å². The van der Waals surface area contributed by atoms with Gasteiger partial charge in [0.05, 0.1) is 4.92 Å². The van der Waals surface area contributed by atoms with Crippen LogP contribution in [0.3, 0.4) is 0 Å². The minimum Gasteiger partial charge on any atom is -0.475 e. The molecule has 1 saturated carbocycles. The van der Waals surface area contributed by atoms with Gasteiger partial charge >= 0.3 is 11.7 Å². The molecule has 24 heavy (non-hydrogen) atoms. The van der Waals surface area contributed by atoms with E-state index in [2.05, 4.69) is 0 Å². The van der Waals surface area contributed by atoms with Crippen LogP contribution in [0, 0.1) is 10.1 Å². The van der Waals surface area contributed by atoms with E-state index in [4.69, 9.17) is 9.47 Å². The van der Waals surface area contributed by atoms with E-state index in [1.54, 1.807) is 0 Å². The molecule has 0 atom stereocenters. The van der Waals surface area contributed by atoms with Crippen LogP contribution in [0.25, 0.3) is 0 Å². The molecular formula is C17H21NO6. The van der Waals surface area contributed by atoms with Crippen molar-refractivity contribution in [3.05, 3.63) is 33.9 Å². The molecule has 0 amide bonds. The highest BCUT2D eigenvalue weighted by atomic mass is 16.6. The minimum absolute atomic E-state index is 0.0450. The number of hydrogen-bond acceptors (Lipinski definition) is 6. The van der Waals surface area contributed by atoms with E-state index >= 15 is 0 Å². The maximum atomic E-state index is 11.9. The maximum absolute atomic E-state index is 11.9. The fourth-order valence-electron chi connectivity index (χ4n) is 2.69. The number of carbonyl (C=O) groups excluding carboxylic acids is 2. The summed E-state index contributed by atoms with van der Waals surface area (Å²) < 4.78 is 10.5. The van der Waals surface area contributed by atoms with Gasteiger partial charge < -0.3 is 9.47 Å². The van der Waals surface area contributed by atoms with Crippen LogP contribution in [0.15, 0.2) is 18.2 Å². The van der Waals surface area contributed by atoms with Crippen molar-refractivity contribution in [3.63, 3.8) is 0 Å². The molecule has 1 aromatic carbocycles. The molecule has 0 N–H and O–H groups in total. The first-order valence-corrected chi connectivity index (χ1v) is 8.15. The highest BCUT2D eigenvalue weighted by molar-refractivity contribution is 5.96. The van der Waals surface area contributed by atoms with Gasteiger partial charge in [-0.1, -0.05) is 6.92 Å². The highest BCUT2D eigenvalue weighted by Gasteiger charge is 2.22. The van der Waals surface area contributed by atoms with Crippen molar-refractivity contribution in [2.45, 2.75) is 51.6 Å². The van der Waals surface area contributed by atoms with Crippen molar-refractivity contribution in [3.8, 4) is 5.75 Å². The number of esters is 1. The SMILES string of the molecule is CCCC(=O)c1ccc(OCC(=O)OC2CCCC2)c([N+](=O)[O-])c1. The number of nitro benzene ring substituents is 1. The Hall–Kier alpha value is -2.44. The van der Waals surface area contributed by atoms with Crippen LogP contribution in [0.5, 0.6) is 5.75 Å². The Balaban J connectivity index is 2.01. The molecule has 1 aromatic rings. The van der Waals surface area contributed by atoms with E-state index in [1.807, 2.05) is 6.92 Å². The summed E-state index contributed by atoms with van der Waals surface area (Å²) >= 11 is 0. The number of ketones is 1. The summed E-state index contributed by atoms with van der Waals surface area (Å²) in [5.41, 5.74) is -0.0601. The van der Waals surface area contributed by atoms with Crippen molar-refractivity contribution in [2.75, 3.05) is 6.61 Å². The van der Waals surface area contributed by atoms with Crippen LogP contribution < -0.4 is 4.74 Å². The normalized spacial score (nSPS) is 14.4. The third-order valence-electron chi connectivity index (χ3n) is 3.90. The van der Waals surface area contributed by atoms with Crippen molar-refractivity contribution in [1.82, 2.24) is 0 Å². The van der Waals surface area contributed by atoms with Gasteiger partial charge in [0, 0.05) is 18.1 Å². The second-order valence-electron chi connectivity index (χ2n) is 5.80. The molecule has 1 aliphatic rings. The van der Waals surface area contributed by atoms with Gasteiger partial charge in [0.25, 0.3) is 0 Å². The Bertz CT molecular complexity index is 622. The smallest absolute Gasteiger partial charge is 0.344 e. The summed E-state index contributed by atoms with van der Waals surface area (Å²) in [5.74, 6) is -0.744. The van der Waals surface area contributed by atoms with Gasteiger partial charge in [-0.15, -0.1) is 0 Å². The van der Waals surface area contributed by atoms with Crippen molar-refractivity contribution in [1.29, 1.82) is 0 Å². The third-order valence-corrected chi connectivity index (χ3v) is 3.90. The van der Waals surface area contributed by atoms with Crippen LogP contribution >= 0.6 is 0 Å². The molecule has 2 rings (SSSR count). The molecule has 7 heteroatoms. The highest BCUT2D eigenvalue weighted by Crippen LogP contribution is 2.29. The Morgan fingerprint density at radius 1 is 1.29 bits per heavy atom. The molecule has 0 radical (unpaired) electrons. The Labute approximate surface area is 140 Å². The Kier molecular flexibility index (Phi) is 6.28. The number of ether oxygens (including phenoxy) is 2. The molecule has 0 bridgehead atoms. The van der Waals surface area contributed by atoms with E-state index in [-0.39, 0.29) is 35.5 Å². The zero-order valence-corrected chi connectivity index (χ0v) is 13.7. The predicted octanol–water partition coefficient (Wildman–Crippen LogP) is 3.44. The van der Waals surface area contributed by atoms with Crippen LogP contribution in [0.4, 0.5) is 5.69 Å². The molecule has 0 heterocycles. The van der Waals surface area contributed by atoms with Crippen LogP contribution in [-0.2, 0) is 9.53 Å². The predicted molar refractivity (Wildman–Crippen MR) is 86.2 cm³/mol. The summed E-state index contributed by atoms with van der Waals surface area (Å²) in [7, 11) is 0. The average Bonchev–Trinajstić information content (AvgIpc) is 3.05. The standard InChI is InChI=1S/C17H21NO6/c1-2-5-15(19)12-8-9-16(14(10-12)18(21)22)23-11-17(20)24-13-6-3-4-7-13/h8-10,13H,2-7,11H2,1H3. The zero-order valence-electron chi connectivity index (χ0n) is 13.7. The number of nitro groups is 1. The van der Waals surface area contributed by atoms with Crippen LogP contribution in [-0.4, -0.2) is 29.4 Å². The van der Waals surface area contributed by atoms with Crippen LogP contribution in [0.2, 0.25) is 0 Å². The lowest BCUT2D eigenvalue weighted by molar-refractivity contribution is -0.385. The number of carbonyl (C=O) groups is 2. The van der Waals surface area contributed by atoms with Crippen molar-refractivity contribution >= 4 is 17.4 Å². The quantitative estimate of drug-likeness (QED) is 0.312. The summed E-state index contributed by atoms with van der Waals surface area (Å²) in [6.45, 7) is 1.47. The second kappa shape index (κ2) is 8.42. The summed E-state index contributed by atoms with van der Waals surface area (Å²) in [4.78, 5) is 34.1. The van der Waals surface area contributed by atoms with Gasteiger partial charge in [-0.25, -0.2) is 4.79 Å². The van der Waals surface area contributed by atoms with Gasteiger partial charge in [0.1, 0.15) is 6.10 Å². The monoisotopic (exact) mass is 335 g/mol. The van der Waals surface area contributed by atoms with Gasteiger partial charge in [0.15, 0.2) is 18.1 Å². The largest absolute Gasteiger partial charge is 0.475 e. The van der Waals surface area contributed by atoms with Crippen molar-refractivity contribution < 1.29 is 24.0 Å². The first-order valence-electron chi connectivity index (χ1n) is 8.15. The Morgan fingerprint density at radius 2 is 2.00 bits per heavy atom. The second-order valence-corrected chi connectivity index (χ2v) is 5.80. The van der Waals surface area contributed by atoms with Gasteiger partial charge in [-0.3, -0.25) is 14.9 Å². The molecule has 130 valence electrons. The van der Waals surface area contributed by atoms with Crippen LogP contribution in [0.1, 0.15) is 55.8 Å². The molecule has 7 nitrogen and oxygen atoms in total. The molecule has 0 spiro atoms. The van der Waals surface area contributed by atoms with E-state index < -0.39 is 10.9 Å². The van der Waals surface area contributed by atoms with E-state index in [0.717, 1.165) is 25.7 Å². The summed E-state index contributed by atoms with van der Waals surface area (Å²) in [6.07, 6.45) is 4.68.